The number of aliphatic imine (C=N–C) groups is 1. The number of carbonyl (C=O) groups excluding carboxylic acids is 1. The van der Waals surface area contributed by atoms with Crippen molar-refractivity contribution in [3.63, 3.8) is 0 Å². The molecule has 0 aromatic heterocycles. The van der Waals surface area contributed by atoms with Gasteiger partial charge in [-0.15, -0.1) is 0 Å². The lowest BCUT2D eigenvalue weighted by Gasteiger charge is -2.23. The number of amides is 1. The summed E-state index contributed by atoms with van der Waals surface area (Å²) in [6.07, 6.45) is 0. The van der Waals surface area contributed by atoms with E-state index in [1.807, 2.05) is 0 Å². The van der Waals surface area contributed by atoms with Crippen LogP contribution in [-0.4, -0.2) is 37.5 Å². The molecule has 3 rings (SSSR count). The zero-order valence-corrected chi connectivity index (χ0v) is 14.9. The Morgan fingerprint density at radius 2 is 1.73 bits per heavy atom. The first kappa shape index (κ1) is 18.3. The van der Waals surface area contributed by atoms with E-state index in [2.05, 4.69) is 4.99 Å². The molecule has 1 unspecified atom stereocenters. The number of nitrogens with zero attached hydrogens (tertiary/aromatic N) is 2. The third kappa shape index (κ3) is 3.42. The van der Waals surface area contributed by atoms with E-state index in [1.165, 1.54) is 24.3 Å². The molecule has 8 nitrogen and oxygen atoms in total. The maximum Gasteiger partial charge on any atom is 0.274 e. The van der Waals surface area contributed by atoms with Gasteiger partial charge in [0, 0.05) is 16.3 Å². The number of nitrogens with two attached hydrogens (primary N) is 2. The number of β-amino-alcohol motifs (C(OH)–C–C–N with tert-alkyl or cyclic N) is 1. The van der Waals surface area contributed by atoms with Crippen molar-refractivity contribution in [1.82, 2.24) is 0 Å². The average Bonchev–Trinajstić information content (AvgIpc) is 2.94. The smallest absolute Gasteiger partial charge is 0.274 e. The largest absolute Gasteiger partial charge is 0.365 e. The maximum absolute atomic E-state index is 11.6. The first-order valence-electron chi connectivity index (χ1n) is 7.39. The predicted octanol–water partition coefficient (Wildman–Crippen LogP) is 0.428. The van der Waals surface area contributed by atoms with Gasteiger partial charge in [0.05, 0.1) is 11.4 Å². The van der Waals surface area contributed by atoms with E-state index in [1.54, 1.807) is 29.2 Å². The van der Waals surface area contributed by atoms with Gasteiger partial charge in [-0.25, -0.2) is 18.5 Å². The molecule has 10 heteroatoms. The van der Waals surface area contributed by atoms with Crippen molar-refractivity contribution in [3.05, 3.63) is 59.1 Å². The van der Waals surface area contributed by atoms with E-state index in [4.69, 9.17) is 22.5 Å². The summed E-state index contributed by atoms with van der Waals surface area (Å²) >= 11 is 5.89. The van der Waals surface area contributed by atoms with Crippen molar-refractivity contribution in [2.24, 2.45) is 15.9 Å². The van der Waals surface area contributed by atoms with E-state index in [0.29, 0.717) is 22.1 Å². The van der Waals surface area contributed by atoms with Gasteiger partial charge in [0.25, 0.3) is 11.6 Å². The predicted molar refractivity (Wildman–Crippen MR) is 97.3 cm³/mol. The van der Waals surface area contributed by atoms with Gasteiger partial charge in [0.1, 0.15) is 5.84 Å². The Morgan fingerprint density at radius 3 is 2.23 bits per heavy atom. The molecule has 0 spiro atoms. The van der Waals surface area contributed by atoms with E-state index in [9.17, 15) is 18.3 Å². The third-order valence-electron chi connectivity index (χ3n) is 3.90. The number of sulfonamides is 1. The van der Waals surface area contributed by atoms with Crippen molar-refractivity contribution < 1.29 is 18.3 Å². The van der Waals surface area contributed by atoms with Crippen LogP contribution in [0.4, 0.5) is 5.69 Å². The standard InChI is InChI=1S/C16H15ClN4O4S/c17-11-3-1-10(2-4-11)14-20-16(23,15(18)22)9-21(14)12-5-7-13(8-6-12)26(19,24)25/h1-8,23H,9H2,(H2,18,22)(H2,19,24,25). The fraction of sp³-hybridized carbons (Fsp3) is 0.125. The molecule has 1 amide bonds. The van der Waals surface area contributed by atoms with E-state index in [0.717, 1.165) is 0 Å². The van der Waals surface area contributed by atoms with Gasteiger partial charge in [-0.2, -0.15) is 0 Å². The monoisotopic (exact) mass is 394 g/mol. The molecule has 1 atom stereocenters. The molecule has 0 bridgehead atoms. The number of rotatable bonds is 4. The minimum atomic E-state index is -3.84. The second-order valence-corrected chi connectivity index (χ2v) is 7.75. The molecule has 26 heavy (non-hydrogen) atoms. The van der Waals surface area contributed by atoms with Gasteiger partial charge in [-0.1, -0.05) is 11.6 Å². The summed E-state index contributed by atoms with van der Waals surface area (Å²) in [6, 6.07) is 12.3. The van der Waals surface area contributed by atoms with Crippen LogP contribution >= 0.6 is 11.6 Å². The van der Waals surface area contributed by atoms with E-state index < -0.39 is 21.7 Å². The van der Waals surface area contributed by atoms with Crippen molar-refractivity contribution in [1.29, 1.82) is 0 Å². The molecule has 5 N–H and O–H groups in total. The van der Waals surface area contributed by atoms with Gasteiger partial charge < -0.3 is 15.7 Å². The highest BCUT2D eigenvalue weighted by atomic mass is 35.5. The van der Waals surface area contributed by atoms with Crippen LogP contribution in [0.25, 0.3) is 0 Å². The molecule has 1 aliphatic heterocycles. The highest BCUT2D eigenvalue weighted by molar-refractivity contribution is 7.89. The molecule has 0 radical (unpaired) electrons. The molecular formula is C16H15ClN4O4S. The number of amidine groups is 1. The fourth-order valence-electron chi connectivity index (χ4n) is 2.55. The number of aliphatic hydroxyl groups is 1. The molecule has 1 aliphatic rings. The molecule has 2 aromatic rings. The topological polar surface area (TPSA) is 139 Å². The van der Waals surface area contributed by atoms with E-state index in [-0.39, 0.29) is 11.4 Å². The normalized spacial score (nSPS) is 20.1. The quantitative estimate of drug-likeness (QED) is 0.689. The maximum atomic E-state index is 11.6. The van der Waals surface area contributed by atoms with Gasteiger partial charge in [0.2, 0.25) is 10.0 Å². The first-order valence-corrected chi connectivity index (χ1v) is 9.31. The lowest BCUT2D eigenvalue weighted by atomic mass is 10.1. The Bertz CT molecular complexity index is 990. The lowest BCUT2D eigenvalue weighted by Crippen LogP contribution is -2.46. The second-order valence-electron chi connectivity index (χ2n) is 5.75. The van der Waals surface area contributed by atoms with Crippen LogP contribution in [0.15, 0.2) is 58.4 Å². The number of hydrogen-bond donors (Lipinski definition) is 3. The molecular weight excluding hydrogens is 380 g/mol. The summed E-state index contributed by atoms with van der Waals surface area (Å²) in [5.74, 6) is -0.695. The van der Waals surface area contributed by atoms with Gasteiger partial charge in [-0.05, 0) is 48.5 Å². The zero-order chi connectivity index (χ0) is 19.1. The van der Waals surface area contributed by atoms with Gasteiger partial charge in [-0.3, -0.25) is 4.79 Å². The number of primary sulfonamides is 1. The summed E-state index contributed by atoms with van der Waals surface area (Å²) in [5.41, 5.74) is 4.28. The molecule has 0 saturated carbocycles. The van der Waals surface area contributed by atoms with Crippen LogP contribution in [0.5, 0.6) is 0 Å². The Morgan fingerprint density at radius 1 is 1.15 bits per heavy atom. The molecule has 0 saturated heterocycles. The van der Waals surface area contributed by atoms with Crippen LogP contribution in [0.1, 0.15) is 5.56 Å². The number of carbonyl (C=O) groups is 1. The number of anilines is 1. The Kier molecular flexibility index (Phi) is 4.49. The van der Waals surface area contributed by atoms with E-state index >= 15 is 0 Å². The molecule has 136 valence electrons. The zero-order valence-electron chi connectivity index (χ0n) is 13.3. The van der Waals surface area contributed by atoms with Gasteiger partial charge >= 0.3 is 0 Å². The molecule has 0 fully saturated rings. The van der Waals surface area contributed by atoms with Crippen LogP contribution in [-0.2, 0) is 14.8 Å². The Hall–Kier alpha value is -2.46. The molecule has 1 heterocycles. The molecule has 0 aliphatic carbocycles. The van der Waals surface area contributed by atoms with Gasteiger partial charge in [0.15, 0.2) is 0 Å². The number of benzene rings is 2. The van der Waals surface area contributed by atoms with Crippen molar-refractivity contribution >= 4 is 39.1 Å². The van der Waals surface area contributed by atoms with Crippen LogP contribution in [0.3, 0.4) is 0 Å². The minimum Gasteiger partial charge on any atom is -0.365 e. The van der Waals surface area contributed by atoms with Crippen molar-refractivity contribution in [2.75, 3.05) is 11.4 Å². The van der Waals surface area contributed by atoms with Crippen LogP contribution < -0.4 is 15.8 Å². The fourth-order valence-corrected chi connectivity index (χ4v) is 3.19. The van der Waals surface area contributed by atoms with Crippen molar-refractivity contribution in [3.8, 4) is 0 Å². The summed E-state index contributed by atoms with van der Waals surface area (Å²) in [6.45, 7) is -0.213. The second kappa shape index (κ2) is 6.36. The summed E-state index contributed by atoms with van der Waals surface area (Å²) in [4.78, 5) is 17.2. The number of halogens is 1. The highest BCUT2D eigenvalue weighted by Crippen LogP contribution is 2.29. The average molecular weight is 395 g/mol. The molecule has 2 aromatic carbocycles. The van der Waals surface area contributed by atoms with Crippen molar-refractivity contribution in [2.45, 2.75) is 10.6 Å². The summed E-state index contributed by atoms with van der Waals surface area (Å²) in [5, 5.41) is 16.0. The first-order chi connectivity index (χ1) is 12.1. The summed E-state index contributed by atoms with van der Waals surface area (Å²) in [7, 11) is -3.84. The van der Waals surface area contributed by atoms with Crippen LogP contribution in [0.2, 0.25) is 5.02 Å². The number of primary amides is 1. The summed E-state index contributed by atoms with van der Waals surface area (Å²) < 4.78 is 22.8. The lowest BCUT2D eigenvalue weighted by molar-refractivity contribution is -0.133. The SMILES string of the molecule is NC(=O)C1(O)CN(c2ccc(S(N)(=O)=O)cc2)C(c2ccc(Cl)cc2)=N1. The number of hydrogen-bond acceptors (Lipinski definition) is 6. The van der Waals surface area contributed by atoms with Crippen LogP contribution in [0, 0.1) is 0 Å². The minimum absolute atomic E-state index is 0.0596. The highest BCUT2D eigenvalue weighted by Gasteiger charge is 2.43. The Balaban J connectivity index is 2.05. The Labute approximate surface area is 154 Å². The third-order valence-corrected chi connectivity index (χ3v) is 5.08.